The van der Waals surface area contributed by atoms with Crippen LogP contribution in [0.4, 0.5) is 0 Å². The van der Waals surface area contributed by atoms with Crippen molar-refractivity contribution >= 4 is 0 Å². The third kappa shape index (κ3) is 3.28. The lowest BCUT2D eigenvalue weighted by Gasteiger charge is -2.72. The van der Waals surface area contributed by atoms with E-state index in [0.717, 1.165) is 12.3 Å². The van der Waals surface area contributed by atoms with Crippen molar-refractivity contribution in [1.29, 1.82) is 0 Å². The average molecular weight is 469 g/mol. The van der Waals surface area contributed by atoms with Gasteiger partial charge in [0.2, 0.25) is 0 Å². The Bertz CT molecular complexity index is 850. The molecule has 0 heterocycles. The predicted octanol–water partition coefficient (Wildman–Crippen LogP) is 7.39. The van der Waals surface area contributed by atoms with E-state index in [4.69, 9.17) is 0 Å². The first kappa shape index (κ1) is 26.3. The molecule has 0 aromatic rings. The van der Waals surface area contributed by atoms with Gasteiger partial charge in [0.25, 0.3) is 0 Å². The summed E-state index contributed by atoms with van der Waals surface area (Å²) in [5.74, 6) is 2.01. The number of rotatable bonds is 1. The highest BCUT2D eigenvalue weighted by Crippen LogP contribution is 2.76. The van der Waals surface area contributed by atoms with Crippen LogP contribution in [0.5, 0.6) is 0 Å². The minimum Gasteiger partial charge on any atom is -0.395 e. The van der Waals surface area contributed by atoms with Gasteiger partial charge < -0.3 is 10.2 Å². The van der Waals surface area contributed by atoms with Crippen LogP contribution >= 0.6 is 0 Å². The molecule has 0 saturated heterocycles. The lowest BCUT2D eigenvalue weighted by Crippen LogP contribution is -2.66. The molecule has 8 atom stereocenters. The Labute approximate surface area is 210 Å². The molecule has 0 aliphatic heterocycles. The number of allylic oxidation sites excluding steroid dienone is 1. The van der Waals surface area contributed by atoms with Gasteiger partial charge in [-0.2, -0.15) is 0 Å². The Kier molecular flexibility index (Phi) is 6.27. The molecule has 5 rings (SSSR count). The maximum absolute atomic E-state index is 10.9. The van der Waals surface area contributed by atoms with Gasteiger partial charge >= 0.3 is 0 Å². The Morgan fingerprint density at radius 2 is 1.41 bits per heavy atom. The van der Waals surface area contributed by atoms with Crippen molar-refractivity contribution in [2.24, 2.45) is 50.2 Å². The third-order valence-corrected chi connectivity index (χ3v) is 13.1. The Balaban J connectivity index is 0.00000133. The summed E-state index contributed by atoms with van der Waals surface area (Å²) in [6.07, 6.45) is 22.7. The van der Waals surface area contributed by atoms with Crippen molar-refractivity contribution in [3.8, 4) is 12.8 Å². The molecular formula is C32H52O2. The summed E-state index contributed by atoms with van der Waals surface area (Å²) < 4.78 is 0. The van der Waals surface area contributed by atoms with Gasteiger partial charge in [0.1, 0.15) is 0 Å². The number of aliphatic hydroxyl groups excluding tert-OH is 2. The number of terminal acetylenes is 1. The lowest BCUT2D eigenvalue weighted by molar-refractivity contribution is -0.230. The largest absolute Gasteiger partial charge is 0.395 e. The number of hydrogen-bond donors (Lipinski definition) is 2. The minimum absolute atomic E-state index is 0.0284. The summed E-state index contributed by atoms with van der Waals surface area (Å²) in [6, 6.07) is 0. The van der Waals surface area contributed by atoms with Crippen LogP contribution < -0.4 is 0 Å². The lowest BCUT2D eigenvalue weighted by atomic mass is 9.32. The van der Waals surface area contributed by atoms with E-state index in [0.29, 0.717) is 34.7 Å². The van der Waals surface area contributed by atoms with Crippen LogP contribution in [-0.2, 0) is 0 Å². The first-order valence-corrected chi connectivity index (χ1v) is 14.1. The second-order valence-corrected chi connectivity index (χ2v) is 15.0. The zero-order valence-corrected chi connectivity index (χ0v) is 23.2. The maximum Gasteiger partial charge on any atom is 0.0594 e. The molecule has 2 unspecified atom stereocenters. The first-order valence-electron chi connectivity index (χ1n) is 14.1. The topological polar surface area (TPSA) is 40.5 Å². The first-order chi connectivity index (χ1) is 15.8. The molecule has 0 aromatic carbocycles. The van der Waals surface area contributed by atoms with Crippen molar-refractivity contribution in [1.82, 2.24) is 0 Å². The molecule has 2 N–H and O–H groups in total. The molecule has 0 aromatic heterocycles. The molecule has 0 bridgehead atoms. The fraction of sp³-hybridized carbons (Fsp3) is 0.875. The molecule has 0 spiro atoms. The van der Waals surface area contributed by atoms with Crippen LogP contribution in [0.1, 0.15) is 113 Å². The smallest absolute Gasteiger partial charge is 0.0594 e. The van der Waals surface area contributed by atoms with Crippen LogP contribution in [0, 0.1) is 63.1 Å². The number of fused-ring (bicyclic) bond motifs is 7. The van der Waals surface area contributed by atoms with Gasteiger partial charge in [0, 0.05) is 5.41 Å². The van der Waals surface area contributed by atoms with Crippen LogP contribution in [0.2, 0.25) is 0 Å². The Morgan fingerprint density at radius 1 is 0.765 bits per heavy atom. The van der Waals surface area contributed by atoms with Gasteiger partial charge in [0.05, 0.1) is 12.7 Å². The van der Waals surface area contributed by atoms with E-state index < -0.39 is 0 Å². The molecular weight excluding hydrogens is 416 g/mol. The normalized spacial score (nSPS) is 50.7. The second kappa shape index (κ2) is 8.11. The molecule has 34 heavy (non-hydrogen) atoms. The highest BCUT2D eigenvalue weighted by Gasteiger charge is 2.68. The summed E-state index contributed by atoms with van der Waals surface area (Å²) in [4.78, 5) is 0. The van der Waals surface area contributed by atoms with Gasteiger partial charge in [-0.1, -0.05) is 60.1 Å². The summed E-state index contributed by atoms with van der Waals surface area (Å²) in [5.41, 5.74) is 3.01. The van der Waals surface area contributed by atoms with Crippen molar-refractivity contribution in [3.63, 3.8) is 0 Å². The highest BCUT2D eigenvalue weighted by atomic mass is 16.3. The van der Waals surface area contributed by atoms with Gasteiger partial charge in [-0.05, 0) is 109 Å². The summed E-state index contributed by atoms with van der Waals surface area (Å²) in [7, 11) is 0. The van der Waals surface area contributed by atoms with Crippen LogP contribution in [0.15, 0.2) is 11.6 Å². The van der Waals surface area contributed by atoms with Gasteiger partial charge in [-0.25, -0.2) is 0 Å². The fourth-order valence-electron chi connectivity index (χ4n) is 10.7. The minimum atomic E-state index is -0.147. The zero-order chi connectivity index (χ0) is 25.4. The summed E-state index contributed by atoms with van der Waals surface area (Å²) in [5, 5.41) is 21.5. The maximum atomic E-state index is 10.9. The molecule has 0 amide bonds. The van der Waals surface area contributed by atoms with Crippen molar-refractivity contribution in [3.05, 3.63) is 11.6 Å². The van der Waals surface area contributed by atoms with E-state index in [1.165, 1.54) is 57.8 Å². The van der Waals surface area contributed by atoms with E-state index in [2.05, 4.69) is 67.4 Å². The molecule has 4 saturated carbocycles. The molecule has 4 fully saturated rings. The zero-order valence-electron chi connectivity index (χ0n) is 23.2. The number of aliphatic hydroxyl groups is 2. The summed E-state index contributed by atoms with van der Waals surface area (Å²) in [6.45, 7) is 17.8. The molecule has 5 aliphatic carbocycles. The molecule has 2 nitrogen and oxygen atoms in total. The van der Waals surface area contributed by atoms with Gasteiger partial charge in [0.15, 0.2) is 0 Å². The van der Waals surface area contributed by atoms with E-state index in [1.807, 2.05) is 0 Å². The van der Waals surface area contributed by atoms with E-state index in [1.54, 1.807) is 5.57 Å². The van der Waals surface area contributed by atoms with E-state index in [-0.39, 0.29) is 22.3 Å². The van der Waals surface area contributed by atoms with E-state index >= 15 is 0 Å². The fourth-order valence-corrected chi connectivity index (χ4v) is 10.7. The van der Waals surface area contributed by atoms with Crippen LogP contribution in [-0.4, -0.2) is 22.9 Å². The van der Waals surface area contributed by atoms with E-state index in [9.17, 15) is 10.2 Å². The SMILES string of the molecule is C#C.CC1(C)C=C2[C@H]3CCC4[C@@]5(C)CC[C@H](O)C(C)(C)C5CC[C@@]4(C)[C@]3(C)CC[C@@]2(CO)CC1. The third-order valence-electron chi connectivity index (χ3n) is 13.1. The second-order valence-electron chi connectivity index (χ2n) is 15.0. The Morgan fingerprint density at radius 3 is 2.06 bits per heavy atom. The monoisotopic (exact) mass is 468 g/mol. The van der Waals surface area contributed by atoms with Crippen LogP contribution in [0.3, 0.4) is 0 Å². The number of hydrogen-bond acceptors (Lipinski definition) is 2. The van der Waals surface area contributed by atoms with Gasteiger partial charge in [-0.3, -0.25) is 0 Å². The molecule has 192 valence electrons. The molecule has 2 heteroatoms. The predicted molar refractivity (Wildman–Crippen MR) is 142 cm³/mol. The Hall–Kier alpha value is -0.780. The molecule has 0 radical (unpaired) electrons. The van der Waals surface area contributed by atoms with Crippen LogP contribution in [0.25, 0.3) is 0 Å². The highest BCUT2D eigenvalue weighted by molar-refractivity contribution is 5.32. The average Bonchev–Trinajstić information content (AvgIpc) is 2.78. The molecule has 5 aliphatic rings. The van der Waals surface area contributed by atoms with Crippen molar-refractivity contribution in [2.45, 2.75) is 119 Å². The summed E-state index contributed by atoms with van der Waals surface area (Å²) >= 11 is 0. The van der Waals surface area contributed by atoms with Crippen molar-refractivity contribution in [2.75, 3.05) is 6.61 Å². The standard InChI is InChI=1S/C30H50O2.C2H2/c1-25(2)14-16-30(19-31)17-15-28(6)20(21(30)18-25)8-9-23-27(5)12-11-24(32)26(3,4)22(27)10-13-29(23,28)7;1-2/h18,20,22-24,31-32H,8-17,19H2,1-7H3;1-2H/t20-,22?,23?,24+,27+,28-,29-,30-;/m1./s1. The van der Waals surface area contributed by atoms with Gasteiger partial charge in [-0.15, -0.1) is 12.8 Å². The quantitative estimate of drug-likeness (QED) is 0.311. The van der Waals surface area contributed by atoms with Crippen molar-refractivity contribution < 1.29 is 10.2 Å².